The average Bonchev–Trinajstić information content (AvgIpc) is 3.13. The molecule has 4 nitrogen and oxygen atoms in total. The molecule has 0 aliphatic heterocycles. The average molecular weight is 422 g/mol. The Bertz CT molecular complexity index is 1160. The van der Waals surface area contributed by atoms with Crippen molar-refractivity contribution in [1.82, 2.24) is 4.98 Å². The predicted octanol–water partition coefficient (Wildman–Crippen LogP) is 6.19. The van der Waals surface area contributed by atoms with Crippen molar-refractivity contribution in [2.75, 3.05) is 4.90 Å². The molecule has 150 valence electrons. The molecule has 0 amide bonds. The number of aromatic nitrogens is 1. The molecular formula is C23H16F2N2O2S. The summed E-state index contributed by atoms with van der Waals surface area (Å²) >= 11 is 1.24. The molecule has 0 saturated carbocycles. The van der Waals surface area contributed by atoms with Crippen LogP contribution in [0.5, 0.6) is 0 Å². The highest BCUT2D eigenvalue weighted by molar-refractivity contribution is 7.16. The van der Waals surface area contributed by atoms with Crippen LogP contribution in [0, 0.1) is 11.6 Å². The van der Waals surface area contributed by atoms with E-state index in [1.54, 1.807) is 24.3 Å². The molecule has 4 aromatic rings. The van der Waals surface area contributed by atoms with Crippen LogP contribution in [-0.2, 0) is 11.2 Å². The standard InChI is InChI=1S/C23H16F2N2O2S/c24-16-8-6-15(7-9-16)22-20(14-21(28)29)30-23(26-22)27(18-4-2-1-3-5-18)19-12-10-17(25)11-13-19/h1-13H,14H2,(H,28,29). The SMILES string of the molecule is O=C(O)Cc1sc(N(c2ccccc2)c2ccc(F)cc2)nc1-c1ccc(F)cc1. The molecule has 0 bridgehead atoms. The Balaban J connectivity index is 1.87. The first-order chi connectivity index (χ1) is 14.5. The van der Waals surface area contributed by atoms with Gasteiger partial charge in [-0.05, 0) is 60.7 Å². The lowest BCUT2D eigenvalue weighted by atomic mass is 10.1. The largest absolute Gasteiger partial charge is 0.481 e. The van der Waals surface area contributed by atoms with Gasteiger partial charge in [0, 0.05) is 21.8 Å². The third kappa shape index (κ3) is 4.21. The second-order valence-corrected chi connectivity index (χ2v) is 7.56. The summed E-state index contributed by atoms with van der Waals surface area (Å²) in [5.74, 6) is -1.72. The quantitative estimate of drug-likeness (QED) is 0.403. The first-order valence-corrected chi connectivity index (χ1v) is 9.91. The number of halogens is 2. The maximum atomic E-state index is 13.5. The molecule has 0 aliphatic rings. The summed E-state index contributed by atoms with van der Waals surface area (Å²) in [6.45, 7) is 0. The van der Waals surface area contributed by atoms with Gasteiger partial charge in [0.2, 0.25) is 0 Å². The zero-order valence-corrected chi connectivity index (χ0v) is 16.4. The summed E-state index contributed by atoms with van der Waals surface area (Å²) in [5, 5.41) is 9.89. The van der Waals surface area contributed by atoms with Gasteiger partial charge in [0.1, 0.15) is 11.6 Å². The number of rotatable bonds is 6. The van der Waals surface area contributed by atoms with E-state index in [1.165, 1.54) is 35.6 Å². The third-order valence-electron chi connectivity index (χ3n) is 4.41. The van der Waals surface area contributed by atoms with Crippen molar-refractivity contribution in [3.63, 3.8) is 0 Å². The minimum Gasteiger partial charge on any atom is -0.481 e. The number of benzene rings is 3. The zero-order valence-electron chi connectivity index (χ0n) is 15.6. The molecule has 0 aliphatic carbocycles. The van der Waals surface area contributed by atoms with Gasteiger partial charge < -0.3 is 5.11 Å². The van der Waals surface area contributed by atoms with E-state index < -0.39 is 5.97 Å². The summed E-state index contributed by atoms with van der Waals surface area (Å²) in [6, 6.07) is 21.2. The molecule has 0 radical (unpaired) electrons. The third-order valence-corrected chi connectivity index (χ3v) is 5.45. The topological polar surface area (TPSA) is 53.4 Å². The fourth-order valence-electron chi connectivity index (χ4n) is 3.06. The van der Waals surface area contributed by atoms with E-state index in [1.807, 2.05) is 35.2 Å². The molecule has 4 rings (SSSR count). The van der Waals surface area contributed by atoms with Gasteiger partial charge in [-0.2, -0.15) is 0 Å². The minimum absolute atomic E-state index is 0.212. The molecule has 3 aromatic carbocycles. The number of carbonyl (C=O) groups is 1. The van der Waals surface area contributed by atoms with E-state index in [-0.39, 0.29) is 18.1 Å². The normalized spacial score (nSPS) is 10.7. The highest BCUT2D eigenvalue weighted by Crippen LogP contribution is 2.41. The molecule has 0 atom stereocenters. The van der Waals surface area contributed by atoms with Gasteiger partial charge in [-0.1, -0.05) is 29.5 Å². The minimum atomic E-state index is -0.985. The van der Waals surface area contributed by atoms with Gasteiger partial charge in [0.25, 0.3) is 0 Å². The van der Waals surface area contributed by atoms with Crippen LogP contribution in [0.2, 0.25) is 0 Å². The van der Waals surface area contributed by atoms with Gasteiger partial charge in [-0.15, -0.1) is 0 Å². The van der Waals surface area contributed by atoms with Crippen LogP contribution < -0.4 is 4.90 Å². The summed E-state index contributed by atoms with van der Waals surface area (Å²) in [6.07, 6.45) is -0.212. The number of carboxylic acids is 1. The summed E-state index contributed by atoms with van der Waals surface area (Å²) in [5.41, 5.74) is 2.59. The van der Waals surface area contributed by atoms with Gasteiger partial charge in [-0.25, -0.2) is 13.8 Å². The van der Waals surface area contributed by atoms with Gasteiger partial charge >= 0.3 is 5.97 Å². The van der Waals surface area contributed by atoms with E-state index in [0.717, 1.165) is 5.69 Å². The second kappa shape index (κ2) is 8.42. The van der Waals surface area contributed by atoms with Crippen LogP contribution >= 0.6 is 11.3 Å². The second-order valence-electron chi connectivity index (χ2n) is 6.49. The lowest BCUT2D eigenvalue weighted by Crippen LogP contribution is -2.09. The molecule has 7 heteroatoms. The predicted molar refractivity (Wildman–Crippen MR) is 113 cm³/mol. The number of para-hydroxylation sites is 1. The number of hydrogen-bond donors (Lipinski definition) is 1. The lowest BCUT2D eigenvalue weighted by Gasteiger charge is -2.22. The molecular weight excluding hydrogens is 406 g/mol. The maximum absolute atomic E-state index is 13.5. The fraction of sp³-hybridized carbons (Fsp3) is 0.0435. The molecule has 1 N–H and O–H groups in total. The van der Waals surface area contributed by atoms with Crippen LogP contribution in [0.1, 0.15) is 4.88 Å². The Hall–Kier alpha value is -3.58. The molecule has 0 spiro atoms. The number of carboxylic acid groups (broad SMARTS) is 1. The Labute approximate surface area is 175 Å². The molecule has 0 unspecified atom stereocenters. The van der Waals surface area contributed by atoms with Crippen LogP contribution in [0.15, 0.2) is 78.9 Å². The fourth-order valence-corrected chi connectivity index (χ4v) is 4.18. The van der Waals surface area contributed by atoms with Crippen LogP contribution in [0.3, 0.4) is 0 Å². The first kappa shape index (κ1) is 19.7. The summed E-state index contributed by atoms with van der Waals surface area (Å²) in [7, 11) is 0. The Morgan fingerprint density at radius 3 is 2.03 bits per heavy atom. The van der Waals surface area contributed by atoms with Gasteiger partial charge in [0.15, 0.2) is 5.13 Å². The smallest absolute Gasteiger partial charge is 0.308 e. The highest BCUT2D eigenvalue weighted by Gasteiger charge is 2.22. The number of thiazole rings is 1. The van der Waals surface area contributed by atoms with Gasteiger partial charge in [0.05, 0.1) is 12.1 Å². The van der Waals surface area contributed by atoms with E-state index in [4.69, 9.17) is 4.98 Å². The van der Waals surface area contributed by atoms with Gasteiger partial charge in [-0.3, -0.25) is 9.69 Å². The zero-order chi connectivity index (χ0) is 21.1. The van der Waals surface area contributed by atoms with E-state index in [9.17, 15) is 18.7 Å². The van der Waals surface area contributed by atoms with E-state index in [0.29, 0.717) is 27.0 Å². The first-order valence-electron chi connectivity index (χ1n) is 9.09. The molecule has 1 heterocycles. The van der Waals surface area contributed by atoms with Crippen molar-refractivity contribution in [1.29, 1.82) is 0 Å². The molecule has 1 aromatic heterocycles. The van der Waals surface area contributed by atoms with E-state index >= 15 is 0 Å². The molecule has 30 heavy (non-hydrogen) atoms. The Morgan fingerprint density at radius 1 is 0.867 bits per heavy atom. The van der Waals surface area contributed by atoms with Crippen LogP contribution in [-0.4, -0.2) is 16.1 Å². The number of hydrogen-bond acceptors (Lipinski definition) is 4. The van der Waals surface area contributed by atoms with Crippen molar-refractivity contribution >= 4 is 33.8 Å². The molecule has 0 fully saturated rings. The summed E-state index contributed by atoms with van der Waals surface area (Å²) < 4.78 is 26.9. The Morgan fingerprint density at radius 2 is 1.43 bits per heavy atom. The van der Waals surface area contributed by atoms with Crippen molar-refractivity contribution in [3.8, 4) is 11.3 Å². The highest BCUT2D eigenvalue weighted by atomic mass is 32.1. The molecule has 0 saturated heterocycles. The van der Waals surface area contributed by atoms with E-state index in [2.05, 4.69) is 0 Å². The number of nitrogens with zero attached hydrogens (tertiary/aromatic N) is 2. The van der Waals surface area contributed by atoms with Crippen LogP contribution in [0.4, 0.5) is 25.3 Å². The van der Waals surface area contributed by atoms with Crippen molar-refractivity contribution in [3.05, 3.63) is 95.4 Å². The number of anilines is 3. The van der Waals surface area contributed by atoms with Crippen molar-refractivity contribution < 1.29 is 18.7 Å². The maximum Gasteiger partial charge on any atom is 0.308 e. The number of aliphatic carboxylic acids is 1. The van der Waals surface area contributed by atoms with Crippen molar-refractivity contribution in [2.24, 2.45) is 0 Å². The Kier molecular flexibility index (Phi) is 5.54. The lowest BCUT2D eigenvalue weighted by molar-refractivity contribution is -0.136. The van der Waals surface area contributed by atoms with Crippen molar-refractivity contribution in [2.45, 2.75) is 6.42 Å². The summed E-state index contributed by atoms with van der Waals surface area (Å²) in [4.78, 5) is 18.5. The monoisotopic (exact) mass is 422 g/mol. The van der Waals surface area contributed by atoms with Crippen LogP contribution in [0.25, 0.3) is 11.3 Å².